The van der Waals surface area contributed by atoms with Gasteiger partial charge in [-0.25, -0.2) is 9.78 Å². The first kappa shape index (κ1) is 27.4. The van der Waals surface area contributed by atoms with E-state index in [0.29, 0.717) is 34.6 Å². The maximum Gasteiger partial charge on any atom is 0.340 e. The average molecular weight is 459 g/mol. The number of carbonyl (C=O) groups is 1. The lowest BCUT2D eigenvalue weighted by molar-refractivity contribution is 0.0695. The number of aromatic nitrogens is 1. The molecule has 1 aromatic heterocycles. The van der Waals surface area contributed by atoms with Gasteiger partial charge in [-0.2, -0.15) is 0 Å². The Morgan fingerprint density at radius 3 is 2.25 bits per heavy atom. The lowest BCUT2D eigenvalue weighted by Gasteiger charge is -2.20. The summed E-state index contributed by atoms with van der Waals surface area (Å²) in [7, 11) is 0. The highest BCUT2D eigenvalue weighted by molar-refractivity contribution is 6.30. The van der Waals surface area contributed by atoms with E-state index < -0.39 is 5.97 Å². The van der Waals surface area contributed by atoms with Crippen LogP contribution in [0.3, 0.4) is 0 Å². The predicted octanol–water partition coefficient (Wildman–Crippen LogP) is 6.61. The van der Waals surface area contributed by atoms with Crippen LogP contribution in [-0.2, 0) is 19.4 Å². The third kappa shape index (κ3) is 6.21. The Kier molecular flexibility index (Phi) is 11.7. The van der Waals surface area contributed by atoms with Crippen molar-refractivity contribution in [3.63, 3.8) is 0 Å². The number of carboxylic acid groups (broad SMARTS) is 1. The van der Waals surface area contributed by atoms with Gasteiger partial charge in [0.05, 0.1) is 11.2 Å². The SMILES string of the molecule is CC.CC.CC.O=C(O)c1c(O)c(Cc2ccc(Cl)cc2)nc2c3c(ccc12)CCNC3. The van der Waals surface area contributed by atoms with Gasteiger partial charge < -0.3 is 15.5 Å². The second-order valence-corrected chi connectivity index (χ2v) is 6.85. The highest BCUT2D eigenvalue weighted by Crippen LogP contribution is 2.34. The van der Waals surface area contributed by atoms with Crippen molar-refractivity contribution in [1.29, 1.82) is 0 Å². The molecule has 174 valence electrons. The molecule has 6 heteroatoms. The Bertz CT molecular complexity index is 1020. The van der Waals surface area contributed by atoms with E-state index in [1.54, 1.807) is 18.2 Å². The fourth-order valence-electron chi connectivity index (χ4n) is 3.47. The van der Waals surface area contributed by atoms with Crippen LogP contribution in [0.5, 0.6) is 5.75 Å². The summed E-state index contributed by atoms with van der Waals surface area (Å²) in [6.45, 7) is 13.5. The molecule has 1 aliphatic heterocycles. The highest BCUT2D eigenvalue weighted by Gasteiger charge is 2.23. The lowest BCUT2D eigenvalue weighted by atomic mass is 9.94. The molecule has 3 aromatic rings. The van der Waals surface area contributed by atoms with Gasteiger partial charge in [0, 0.05) is 23.4 Å². The van der Waals surface area contributed by atoms with Crippen molar-refractivity contribution in [2.75, 3.05) is 6.54 Å². The van der Waals surface area contributed by atoms with Crippen molar-refractivity contribution < 1.29 is 15.0 Å². The maximum absolute atomic E-state index is 11.8. The zero-order chi connectivity index (χ0) is 24.3. The van der Waals surface area contributed by atoms with Crippen LogP contribution in [0.4, 0.5) is 0 Å². The standard InChI is InChI=1S/C20H17ClN2O3.3C2H6/c21-13-4-1-11(2-5-13)9-16-19(24)17(20(25)26)14-6-3-12-7-8-22-10-15(12)18(14)23-16;3*1-2/h1-6,22,24H,7-10H2,(H,25,26);3*1-2H3. The smallest absolute Gasteiger partial charge is 0.340 e. The van der Waals surface area contributed by atoms with E-state index in [4.69, 9.17) is 11.6 Å². The molecule has 4 rings (SSSR count). The molecule has 0 bridgehead atoms. The number of nitrogens with one attached hydrogen (secondary N) is 1. The Labute approximate surface area is 196 Å². The number of pyridine rings is 1. The van der Waals surface area contributed by atoms with E-state index in [-0.39, 0.29) is 11.3 Å². The first-order valence-electron chi connectivity index (χ1n) is 11.4. The number of hydrogen-bond donors (Lipinski definition) is 3. The van der Waals surface area contributed by atoms with Gasteiger partial charge in [-0.15, -0.1) is 0 Å². The van der Waals surface area contributed by atoms with Crippen molar-refractivity contribution in [2.24, 2.45) is 0 Å². The van der Waals surface area contributed by atoms with E-state index in [1.807, 2.05) is 59.7 Å². The molecule has 32 heavy (non-hydrogen) atoms. The van der Waals surface area contributed by atoms with Crippen LogP contribution < -0.4 is 5.32 Å². The summed E-state index contributed by atoms with van der Waals surface area (Å²) < 4.78 is 0. The molecule has 3 N–H and O–H groups in total. The lowest BCUT2D eigenvalue weighted by Crippen LogP contribution is -2.24. The zero-order valence-corrected chi connectivity index (χ0v) is 20.7. The monoisotopic (exact) mass is 458 g/mol. The van der Waals surface area contributed by atoms with E-state index in [2.05, 4.69) is 10.3 Å². The Balaban J connectivity index is 0.000000789. The molecule has 0 aliphatic carbocycles. The number of halogens is 1. The zero-order valence-electron chi connectivity index (χ0n) is 19.9. The summed E-state index contributed by atoms with van der Waals surface area (Å²) in [5.74, 6) is -1.43. The summed E-state index contributed by atoms with van der Waals surface area (Å²) in [5, 5.41) is 24.7. The average Bonchev–Trinajstić information content (AvgIpc) is 2.84. The van der Waals surface area contributed by atoms with Gasteiger partial charge in [0.1, 0.15) is 5.56 Å². The molecule has 0 fully saturated rings. The number of carboxylic acids is 1. The molecule has 2 aromatic carbocycles. The van der Waals surface area contributed by atoms with Crippen LogP contribution in [0, 0.1) is 0 Å². The fourth-order valence-corrected chi connectivity index (χ4v) is 3.60. The van der Waals surface area contributed by atoms with Crippen molar-refractivity contribution in [3.05, 3.63) is 69.4 Å². The molecule has 5 nitrogen and oxygen atoms in total. The van der Waals surface area contributed by atoms with Crippen LogP contribution in [-0.4, -0.2) is 27.7 Å². The van der Waals surface area contributed by atoms with Gasteiger partial charge in [-0.3, -0.25) is 0 Å². The highest BCUT2D eigenvalue weighted by atomic mass is 35.5. The second-order valence-electron chi connectivity index (χ2n) is 6.42. The molecule has 0 amide bonds. The number of rotatable bonds is 3. The van der Waals surface area contributed by atoms with E-state index in [1.165, 1.54) is 5.56 Å². The van der Waals surface area contributed by atoms with E-state index >= 15 is 0 Å². The minimum atomic E-state index is -1.16. The van der Waals surface area contributed by atoms with Crippen LogP contribution in [0.2, 0.25) is 5.02 Å². The van der Waals surface area contributed by atoms with Gasteiger partial charge >= 0.3 is 5.97 Å². The fraction of sp³-hybridized carbons (Fsp3) is 0.385. The molecule has 0 spiro atoms. The quantitative estimate of drug-likeness (QED) is 0.411. The second kappa shape index (κ2) is 13.7. The molecular weight excluding hydrogens is 424 g/mol. The minimum absolute atomic E-state index is 0.0904. The van der Waals surface area contributed by atoms with E-state index in [9.17, 15) is 15.0 Å². The predicted molar refractivity (Wildman–Crippen MR) is 134 cm³/mol. The van der Waals surface area contributed by atoms with Crippen molar-refractivity contribution in [2.45, 2.75) is 60.9 Å². The Morgan fingerprint density at radius 1 is 1.03 bits per heavy atom. The van der Waals surface area contributed by atoms with Crippen molar-refractivity contribution in [3.8, 4) is 5.75 Å². The molecule has 1 aliphatic rings. The summed E-state index contributed by atoms with van der Waals surface area (Å²) >= 11 is 5.92. The topological polar surface area (TPSA) is 82.5 Å². The summed E-state index contributed by atoms with van der Waals surface area (Å²) in [6, 6.07) is 10.9. The number of nitrogens with zero attached hydrogens (tertiary/aromatic N) is 1. The number of aromatic hydroxyl groups is 1. The summed E-state index contributed by atoms with van der Waals surface area (Å²) in [5.41, 5.74) is 3.99. The van der Waals surface area contributed by atoms with Gasteiger partial charge in [0.15, 0.2) is 5.75 Å². The largest absolute Gasteiger partial charge is 0.505 e. The van der Waals surface area contributed by atoms with Crippen LogP contribution in [0.1, 0.15) is 74.3 Å². The number of benzene rings is 2. The summed E-state index contributed by atoms with van der Waals surface area (Å²) in [6.07, 6.45) is 1.21. The van der Waals surface area contributed by atoms with Gasteiger partial charge in [-0.05, 0) is 41.8 Å². The van der Waals surface area contributed by atoms with Gasteiger partial charge in [0.2, 0.25) is 0 Å². The first-order chi connectivity index (χ1) is 15.5. The van der Waals surface area contributed by atoms with Crippen molar-refractivity contribution >= 4 is 28.5 Å². The van der Waals surface area contributed by atoms with Crippen molar-refractivity contribution in [1.82, 2.24) is 10.3 Å². The Hall–Kier alpha value is -2.63. The number of fused-ring (bicyclic) bond motifs is 3. The van der Waals surface area contributed by atoms with Crippen LogP contribution in [0.25, 0.3) is 10.9 Å². The molecule has 0 radical (unpaired) electrons. The third-order valence-electron chi connectivity index (χ3n) is 4.78. The molecule has 0 saturated heterocycles. The normalized spacial score (nSPS) is 11.6. The molecule has 2 heterocycles. The molecule has 0 atom stereocenters. The third-order valence-corrected chi connectivity index (χ3v) is 5.03. The molecular formula is C26H35ClN2O3. The summed E-state index contributed by atoms with van der Waals surface area (Å²) in [4.78, 5) is 16.5. The molecule has 0 saturated carbocycles. The van der Waals surface area contributed by atoms with E-state index in [0.717, 1.165) is 24.1 Å². The number of aromatic carboxylic acids is 1. The molecule has 0 unspecified atom stereocenters. The van der Waals surface area contributed by atoms with Crippen LogP contribution in [0.15, 0.2) is 36.4 Å². The maximum atomic E-state index is 11.8. The van der Waals surface area contributed by atoms with Crippen LogP contribution >= 0.6 is 11.6 Å². The van der Waals surface area contributed by atoms with Gasteiger partial charge in [-0.1, -0.05) is 77.4 Å². The Morgan fingerprint density at radius 2 is 1.66 bits per heavy atom. The van der Waals surface area contributed by atoms with Gasteiger partial charge in [0.25, 0.3) is 0 Å². The minimum Gasteiger partial charge on any atom is -0.505 e. The number of hydrogen-bond acceptors (Lipinski definition) is 4. The first-order valence-corrected chi connectivity index (χ1v) is 11.8.